The summed E-state index contributed by atoms with van der Waals surface area (Å²) in [5.41, 5.74) is 2.71. The van der Waals surface area contributed by atoms with E-state index in [-0.39, 0.29) is 10.7 Å². The Morgan fingerprint density at radius 3 is 2.50 bits per heavy atom. The summed E-state index contributed by atoms with van der Waals surface area (Å²) in [7, 11) is 0. The number of para-hydroxylation sites is 1. The molecule has 0 bridgehead atoms. The Balaban J connectivity index is 2.23. The van der Waals surface area contributed by atoms with Crippen LogP contribution in [0.3, 0.4) is 0 Å². The molecular formula is C15H15ClN2O2. The zero-order chi connectivity index (χ0) is 14.5. The van der Waals surface area contributed by atoms with Crippen LogP contribution in [-0.4, -0.2) is 4.92 Å². The minimum absolute atomic E-state index is 0.0804. The monoisotopic (exact) mass is 290 g/mol. The third-order valence-electron chi connectivity index (χ3n) is 3.14. The maximum atomic E-state index is 11.1. The minimum atomic E-state index is -0.462. The van der Waals surface area contributed by atoms with Crippen LogP contribution in [0.2, 0.25) is 5.02 Å². The predicted molar refractivity (Wildman–Crippen MR) is 81.3 cm³/mol. The summed E-state index contributed by atoms with van der Waals surface area (Å²) in [5.74, 6) is 0. The van der Waals surface area contributed by atoms with Gasteiger partial charge in [0.2, 0.25) is 0 Å². The number of hydrogen-bond acceptors (Lipinski definition) is 3. The van der Waals surface area contributed by atoms with Crippen molar-refractivity contribution in [3.8, 4) is 0 Å². The Morgan fingerprint density at radius 2 is 1.85 bits per heavy atom. The second-order valence-corrected chi connectivity index (χ2v) is 4.78. The Labute approximate surface area is 122 Å². The summed E-state index contributed by atoms with van der Waals surface area (Å²) >= 11 is 5.88. The third kappa shape index (κ3) is 3.08. The van der Waals surface area contributed by atoms with Crippen LogP contribution in [0.1, 0.15) is 18.1 Å². The molecule has 0 atom stereocenters. The van der Waals surface area contributed by atoms with Crippen molar-refractivity contribution in [2.24, 2.45) is 0 Å². The van der Waals surface area contributed by atoms with Crippen LogP contribution in [0.5, 0.6) is 0 Å². The van der Waals surface area contributed by atoms with Crippen molar-refractivity contribution in [3.63, 3.8) is 0 Å². The molecule has 0 fully saturated rings. The summed E-state index contributed by atoms with van der Waals surface area (Å²) < 4.78 is 0. The van der Waals surface area contributed by atoms with Crippen LogP contribution in [0.15, 0.2) is 42.5 Å². The van der Waals surface area contributed by atoms with Gasteiger partial charge in [-0.25, -0.2) is 0 Å². The van der Waals surface area contributed by atoms with E-state index in [0.29, 0.717) is 12.2 Å². The molecule has 2 aromatic carbocycles. The number of halogens is 1. The molecule has 0 spiro atoms. The number of nitrogens with zero attached hydrogens (tertiary/aromatic N) is 1. The molecule has 20 heavy (non-hydrogen) atoms. The van der Waals surface area contributed by atoms with E-state index in [1.54, 1.807) is 12.1 Å². The number of nitro benzene ring substituents is 1. The predicted octanol–water partition coefficient (Wildman–Crippen LogP) is 4.42. The Bertz CT molecular complexity index is 629. The van der Waals surface area contributed by atoms with Gasteiger partial charge >= 0.3 is 5.69 Å². The van der Waals surface area contributed by atoms with Crippen molar-refractivity contribution in [2.45, 2.75) is 19.9 Å². The number of benzene rings is 2. The van der Waals surface area contributed by atoms with Gasteiger partial charge < -0.3 is 5.32 Å². The number of rotatable bonds is 5. The van der Waals surface area contributed by atoms with Crippen LogP contribution >= 0.6 is 11.6 Å². The fourth-order valence-corrected chi connectivity index (χ4v) is 2.35. The highest BCUT2D eigenvalue weighted by molar-refractivity contribution is 6.33. The van der Waals surface area contributed by atoms with Crippen LogP contribution in [-0.2, 0) is 13.0 Å². The van der Waals surface area contributed by atoms with E-state index in [0.717, 1.165) is 12.0 Å². The molecule has 2 aromatic rings. The van der Waals surface area contributed by atoms with E-state index < -0.39 is 4.92 Å². The zero-order valence-corrected chi connectivity index (χ0v) is 11.9. The smallest absolute Gasteiger partial charge is 0.310 e. The van der Waals surface area contributed by atoms with Crippen molar-refractivity contribution in [2.75, 3.05) is 5.32 Å². The highest BCUT2D eigenvalue weighted by atomic mass is 35.5. The van der Waals surface area contributed by atoms with Gasteiger partial charge in [0.05, 0.1) is 4.92 Å². The summed E-state index contributed by atoms with van der Waals surface area (Å²) in [6.45, 7) is 2.62. The van der Waals surface area contributed by atoms with Crippen molar-refractivity contribution in [1.29, 1.82) is 0 Å². The van der Waals surface area contributed by atoms with Gasteiger partial charge in [-0.1, -0.05) is 48.9 Å². The van der Waals surface area contributed by atoms with Gasteiger partial charge in [-0.15, -0.1) is 0 Å². The molecule has 0 unspecified atom stereocenters. The van der Waals surface area contributed by atoms with Gasteiger partial charge in [0.25, 0.3) is 0 Å². The van der Waals surface area contributed by atoms with Crippen molar-refractivity contribution in [3.05, 3.63) is 68.7 Å². The highest BCUT2D eigenvalue weighted by Gasteiger charge is 2.18. The van der Waals surface area contributed by atoms with E-state index in [2.05, 4.69) is 18.3 Å². The average molecular weight is 291 g/mol. The maximum absolute atomic E-state index is 11.1. The molecule has 0 heterocycles. The first-order valence-corrected chi connectivity index (χ1v) is 6.74. The van der Waals surface area contributed by atoms with Crippen LogP contribution < -0.4 is 5.32 Å². The summed E-state index contributed by atoms with van der Waals surface area (Å²) in [6, 6.07) is 12.9. The topological polar surface area (TPSA) is 55.2 Å². The third-order valence-corrected chi connectivity index (χ3v) is 3.44. The molecule has 5 heteroatoms. The standard InChI is InChI=1S/C15H15ClN2O2/c1-2-11-6-3-4-7-12(11)10-17-14-9-5-8-13(16)15(14)18(19)20/h3-9,17H,2,10H2,1H3. The molecule has 0 saturated carbocycles. The lowest BCUT2D eigenvalue weighted by Crippen LogP contribution is -2.05. The quantitative estimate of drug-likeness (QED) is 0.655. The number of nitro groups is 1. The van der Waals surface area contributed by atoms with E-state index in [9.17, 15) is 10.1 Å². The first-order valence-electron chi connectivity index (χ1n) is 6.37. The van der Waals surface area contributed by atoms with E-state index >= 15 is 0 Å². The van der Waals surface area contributed by atoms with Crippen LogP contribution in [0.25, 0.3) is 0 Å². The van der Waals surface area contributed by atoms with E-state index in [1.807, 2.05) is 18.2 Å². The fourth-order valence-electron chi connectivity index (χ4n) is 2.11. The Kier molecular flexibility index (Phi) is 4.58. The van der Waals surface area contributed by atoms with Gasteiger partial charge in [-0.3, -0.25) is 10.1 Å². The largest absolute Gasteiger partial charge is 0.375 e. The Hall–Kier alpha value is -2.07. The summed E-state index contributed by atoms with van der Waals surface area (Å²) in [4.78, 5) is 10.6. The fraction of sp³-hybridized carbons (Fsp3) is 0.200. The zero-order valence-electron chi connectivity index (χ0n) is 11.1. The summed E-state index contributed by atoms with van der Waals surface area (Å²) in [6.07, 6.45) is 0.926. The molecule has 1 N–H and O–H groups in total. The SMILES string of the molecule is CCc1ccccc1CNc1cccc(Cl)c1[N+](=O)[O-]. The molecule has 0 aliphatic carbocycles. The minimum Gasteiger partial charge on any atom is -0.375 e. The van der Waals surface area contributed by atoms with Gasteiger partial charge in [0, 0.05) is 6.54 Å². The molecular weight excluding hydrogens is 276 g/mol. The second kappa shape index (κ2) is 6.39. The van der Waals surface area contributed by atoms with Crippen LogP contribution in [0.4, 0.5) is 11.4 Å². The molecule has 0 amide bonds. The number of nitrogens with one attached hydrogen (secondary N) is 1. The highest BCUT2D eigenvalue weighted by Crippen LogP contribution is 2.32. The lowest BCUT2D eigenvalue weighted by Gasteiger charge is -2.11. The molecule has 0 aliphatic rings. The van der Waals surface area contributed by atoms with Gasteiger partial charge in [0.15, 0.2) is 0 Å². The second-order valence-electron chi connectivity index (χ2n) is 4.37. The Morgan fingerprint density at radius 1 is 1.15 bits per heavy atom. The maximum Gasteiger partial charge on any atom is 0.310 e. The number of aryl methyl sites for hydroxylation is 1. The van der Waals surface area contributed by atoms with Crippen LogP contribution in [0, 0.1) is 10.1 Å². The van der Waals surface area contributed by atoms with Crippen molar-refractivity contribution in [1.82, 2.24) is 0 Å². The van der Waals surface area contributed by atoms with Gasteiger partial charge in [0.1, 0.15) is 10.7 Å². The molecule has 0 aliphatic heterocycles. The van der Waals surface area contributed by atoms with Crippen molar-refractivity contribution >= 4 is 23.0 Å². The van der Waals surface area contributed by atoms with E-state index in [1.165, 1.54) is 11.6 Å². The van der Waals surface area contributed by atoms with Gasteiger partial charge in [-0.05, 0) is 29.7 Å². The number of hydrogen-bond donors (Lipinski definition) is 1. The summed E-state index contributed by atoms with van der Waals surface area (Å²) in [5, 5.41) is 14.3. The van der Waals surface area contributed by atoms with E-state index in [4.69, 9.17) is 11.6 Å². The number of anilines is 1. The molecule has 0 saturated heterocycles. The first kappa shape index (κ1) is 14.3. The lowest BCUT2D eigenvalue weighted by molar-refractivity contribution is -0.383. The molecule has 4 nitrogen and oxygen atoms in total. The first-order chi connectivity index (χ1) is 9.63. The molecule has 2 rings (SSSR count). The lowest BCUT2D eigenvalue weighted by atomic mass is 10.1. The molecule has 104 valence electrons. The molecule has 0 radical (unpaired) electrons. The average Bonchev–Trinajstić information content (AvgIpc) is 2.45. The van der Waals surface area contributed by atoms with Crippen molar-refractivity contribution < 1.29 is 4.92 Å². The van der Waals surface area contributed by atoms with Gasteiger partial charge in [-0.2, -0.15) is 0 Å². The molecule has 0 aromatic heterocycles. The normalized spacial score (nSPS) is 10.3.